The standard InChI is InChI=1S/C17H21F2NO3/c1-4-20(5-2)15(21)14(13-10-8-7-9-11-13)12-17(18,19)16(22)23-6-3/h7-12H,4-6H2,1-3H3/b14-12+. The lowest BCUT2D eigenvalue weighted by Crippen LogP contribution is -2.34. The van der Waals surface area contributed by atoms with Crippen LogP contribution in [0.4, 0.5) is 8.78 Å². The lowest BCUT2D eigenvalue weighted by atomic mass is 10.0. The van der Waals surface area contributed by atoms with Crippen LogP contribution in [0.25, 0.3) is 5.57 Å². The average molecular weight is 325 g/mol. The minimum absolute atomic E-state index is 0.160. The molecule has 0 unspecified atom stereocenters. The number of benzene rings is 1. The summed E-state index contributed by atoms with van der Waals surface area (Å²) in [6.45, 7) is 5.56. The molecule has 0 atom stereocenters. The molecule has 0 fully saturated rings. The van der Waals surface area contributed by atoms with Crippen LogP contribution in [0.2, 0.25) is 0 Å². The van der Waals surface area contributed by atoms with Crippen molar-refractivity contribution in [2.45, 2.75) is 26.7 Å². The molecular formula is C17H21F2NO3. The lowest BCUT2D eigenvalue weighted by molar-refractivity contribution is -0.164. The number of carbonyl (C=O) groups excluding carboxylic acids is 2. The molecule has 0 N–H and O–H groups in total. The third-order valence-electron chi connectivity index (χ3n) is 3.24. The van der Waals surface area contributed by atoms with Crippen molar-refractivity contribution in [1.29, 1.82) is 0 Å². The van der Waals surface area contributed by atoms with Gasteiger partial charge in [0.05, 0.1) is 6.61 Å². The number of likely N-dealkylation sites (N-methyl/N-ethyl adjacent to an activating group) is 1. The maximum atomic E-state index is 14.1. The first-order chi connectivity index (χ1) is 10.9. The third kappa shape index (κ3) is 4.87. The second-order valence-electron chi connectivity index (χ2n) is 4.74. The number of halogens is 2. The smallest absolute Gasteiger partial charge is 0.381 e. The van der Waals surface area contributed by atoms with Gasteiger partial charge in [0.15, 0.2) is 0 Å². The van der Waals surface area contributed by atoms with Crippen LogP contribution in [0, 0.1) is 0 Å². The van der Waals surface area contributed by atoms with Gasteiger partial charge in [-0.2, -0.15) is 8.78 Å². The number of hydrogen-bond donors (Lipinski definition) is 0. The molecule has 0 bridgehead atoms. The van der Waals surface area contributed by atoms with Crippen LogP contribution in [0.5, 0.6) is 0 Å². The zero-order chi connectivity index (χ0) is 17.5. The van der Waals surface area contributed by atoms with E-state index in [1.165, 1.54) is 11.8 Å². The van der Waals surface area contributed by atoms with E-state index in [-0.39, 0.29) is 12.2 Å². The highest BCUT2D eigenvalue weighted by Gasteiger charge is 2.40. The highest BCUT2D eigenvalue weighted by molar-refractivity contribution is 6.20. The quantitative estimate of drug-likeness (QED) is 0.571. The predicted molar refractivity (Wildman–Crippen MR) is 83.9 cm³/mol. The van der Waals surface area contributed by atoms with E-state index in [9.17, 15) is 18.4 Å². The Morgan fingerprint density at radius 3 is 2.17 bits per heavy atom. The molecule has 0 spiro atoms. The van der Waals surface area contributed by atoms with Crippen LogP contribution in [0.3, 0.4) is 0 Å². The fraction of sp³-hybridized carbons (Fsp3) is 0.412. The van der Waals surface area contributed by atoms with Gasteiger partial charge < -0.3 is 9.64 Å². The van der Waals surface area contributed by atoms with Crippen molar-refractivity contribution >= 4 is 17.4 Å². The predicted octanol–water partition coefficient (Wildman–Crippen LogP) is 3.14. The fourth-order valence-electron chi connectivity index (χ4n) is 2.03. The second kappa shape index (κ2) is 8.41. The molecule has 0 saturated heterocycles. The molecule has 4 nitrogen and oxygen atoms in total. The molecule has 0 radical (unpaired) electrons. The van der Waals surface area contributed by atoms with Gasteiger partial charge >= 0.3 is 11.9 Å². The summed E-state index contributed by atoms with van der Waals surface area (Å²) < 4.78 is 32.5. The first kappa shape index (κ1) is 18.8. The number of hydrogen-bond acceptors (Lipinski definition) is 3. The van der Waals surface area contributed by atoms with E-state index in [0.717, 1.165) is 0 Å². The molecule has 0 aliphatic carbocycles. The van der Waals surface area contributed by atoms with Gasteiger partial charge in [0.2, 0.25) is 0 Å². The van der Waals surface area contributed by atoms with Crippen LogP contribution in [0.15, 0.2) is 36.4 Å². The van der Waals surface area contributed by atoms with E-state index >= 15 is 0 Å². The van der Waals surface area contributed by atoms with Crippen molar-refractivity contribution in [2.24, 2.45) is 0 Å². The molecule has 1 aromatic rings. The van der Waals surface area contributed by atoms with Gasteiger partial charge in [0.1, 0.15) is 0 Å². The van der Waals surface area contributed by atoms with Crippen molar-refractivity contribution in [3.05, 3.63) is 42.0 Å². The average Bonchev–Trinajstić information content (AvgIpc) is 2.54. The maximum absolute atomic E-state index is 14.1. The van der Waals surface area contributed by atoms with Gasteiger partial charge in [0, 0.05) is 24.7 Å². The first-order valence-corrected chi connectivity index (χ1v) is 7.49. The zero-order valence-electron chi connectivity index (χ0n) is 13.5. The maximum Gasteiger partial charge on any atom is 0.381 e. The van der Waals surface area contributed by atoms with Crippen LogP contribution in [0.1, 0.15) is 26.3 Å². The molecule has 0 heterocycles. The van der Waals surface area contributed by atoms with Crippen molar-refractivity contribution in [1.82, 2.24) is 4.90 Å². The topological polar surface area (TPSA) is 46.6 Å². The summed E-state index contributed by atoms with van der Waals surface area (Å²) in [4.78, 5) is 25.4. The van der Waals surface area contributed by atoms with Crippen LogP contribution in [-0.4, -0.2) is 42.4 Å². The minimum Gasteiger partial charge on any atom is -0.461 e. The Balaban J connectivity index is 3.32. The molecule has 23 heavy (non-hydrogen) atoms. The fourth-order valence-corrected chi connectivity index (χ4v) is 2.03. The SMILES string of the molecule is CCOC(=O)C(F)(F)/C=C(/C(=O)N(CC)CC)c1ccccc1. The summed E-state index contributed by atoms with van der Waals surface area (Å²) >= 11 is 0. The Morgan fingerprint density at radius 2 is 1.70 bits per heavy atom. The van der Waals surface area contributed by atoms with Crippen LogP contribution < -0.4 is 0 Å². The van der Waals surface area contributed by atoms with Gasteiger partial charge in [-0.25, -0.2) is 4.79 Å². The summed E-state index contributed by atoms with van der Waals surface area (Å²) in [7, 11) is 0. The van der Waals surface area contributed by atoms with Crippen molar-refractivity contribution in [3.8, 4) is 0 Å². The highest BCUT2D eigenvalue weighted by Crippen LogP contribution is 2.26. The number of rotatable bonds is 7. The van der Waals surface area contributed by atoms with Crippen LogP contribution in [-0.2, 0) is 14.3 Å². The third-order valence-corrected chi connectivity index (χ3v) is 3.24. The molecule has 1 amide bonds. The number of amides is 1. The largest absolute Gasteiger partial charge is 0.461 e. The van der Waals surface area contributed by atoms with Crippen molar-refractivity contribution in [3.63, 3.8) is 0 Å². The van der Waals surface area contributed by atoms with Crippen molar-refractivity contribution in [2.75, 3.05) is 19.7 Å². The number of nitrogens with zero attached hydrogens (tertiary/aromatic N) is 1. The monoisotopic (exact) mass is 325 g/mol. The summed E-state index contributed by atoms with van der Waals surface area (Å²) in [6, 6.07) is 8.10. The van der Waals surface area contributed by atoms with E-state index in [1.54, 1.807) is 44.2 Å². The van der Waals surface area contributed by atoms with E-state index < -0.39 is 17.8 Å². The minimum atomic E-state index is -3.87. The molecule has 1 aromatic carbocycles. The molecule has 0 aliphatic rings. The van der Waals surface area contributed by atoms with E-state index in [2.05, 4.69) is 4.74 Å². The molecule has 0 saturated carbocycles. The number of alkyl halides is 2. The number of ether oxygens (including phenoxy) is 1. The Kier molecular flexibility index (Phi) is 6.88. The lowest BCUT2D eigenvalue weighted by Gasteiger charge is -2.22. The molecule has 126 valence electrons. The van der Waals surface area contributed by atoms with Gasteiger partial charge in [-0.05, 0) is 26.3 Å². The normalized spacial score (nSPS) is 12.0. The summed E-state index contributed by atoms with van der Waals surface area (Å²) in [5.74, 6) is -6.09. The van der Waals surface area contributed by atoms with Gasteiger partial charge in [-0.3, -0.25) is 4.79 Å². The number of carbonyl (C=O) groups is 2. The van der Waals surface area contributed by atoms with E-state index in [4.69, 9.17) is 0 Å². The Bertz CT molecular complexity index is 566. The van der Waals surface area contributed by atoms with Crippen molar-refractivity contribution < 1.29 is 23.1 Å². The van der Waals surface area contributed by atoms with Gasteiger partial charge in [-0.1, -0.05) is 30.3 Å². The number of esters is 1. The van der Waals surface area contributed by atoms with Crippen LogP contribution >= 0.6 is 0 Å². The molecule has 0 aliphatic heterocycles. The Labute approximate surface area is 134 Å². The molecule has 1 rings (SSSR count). The Morgan fingerprint density at radius 1 is 1.13 bits per heavy atom. The summed E-state index contributed by atoms with van der Waals surface area (Å²) in [5, 5.41) is 0. The first-order valence-electron chi connectivity index (χ1n) is 7.49. The Hall–Kier alpha value is -2.24. The van der Waals surface area contributed by atoms with E-state index in [1.807, 2.05) is 0 Å². The highest BCUT2D eigenvalue weighted by atomic mass is 19.3. The summed E-state index contributed by atoms with van der Waals surface area (Å²) in [6.07, 6.45) is 0.390. The molecule has 0 aromatic heterocycles. The molecule has 6 heteroatoms. The van der Waals surface area contributed by atoms with E-state index in [0.29, 0.717) is 24.7 Å². The van der Waals surface area contributed by atoms with Gasteiger partial charge in [0.25, 0.3) is 5.91 Å². The van der Waals surface area contributed by atoms with Gasteiger partial charge in [-0.15, -0.1) is 0 Å². The second-order valence-corrected chi connectivity index (χ2v) is 4.74. The molecular weight excluding hydrogens is 304 g/mol. The summed E-state index contributed by atoms with van der Waals surface area (Å²) in [5.41, 5.74) is 0.112. The zero-order valence-corrected chi connectivity index (χ0v) is 13.5.